The molecule has 0 N–H and O–H groups in total. The number of alkyl halides is 1. The van der Waals surface area contributed by atoms with E-state index >= 15 is 0 Å². The molecule has 2 rings (SSSR count). The molecule has 1 heterocycles. The van der Waals surface area contributed by atoms with E-state index in [0.29, 0.717) is 6.04 Å². The lowest BCUT2D eigenvalue weighted by atomic mass is 9.75. The monoisotopic (exact) mass is 347 g/mol. The first-order chi connectivity index (χ1) is 9.83. The number of hydrogen-bond acceptors (Lipinski definition) is 4. The van der Waals surface area contributed by atoms with Gasteiger partial charge in [0.1, 0.15) is 23.2 Å². The number of ketones is 1. The van der Waals surface area contributed by atoms with Crippen LogP contribution in [0, 0.1) is 5.41 Å². The second kappa shape index (κ2) is 5.21. The SMILES string of the molecule is COC(=O)N1[C@H]2C(=O)[C@@](Cl)(C[Si](C)(C)C)[C@H]2O[C@@H]1C(C)(C)C. The van der Waals surface area contributed by atoms with Crippen molar-refractivity contribution in [2.24, 2.45) is 5.41 Å². The zero-order chi connectivity index (χ0) is 17.1. The molecule has 7 heteroatoms. The quantitative estimate of drug-likeness (QED) is 0.569. The van der Waals surface area contributed by atoms with Crippen LogP contribution in [0.2, 0.25) is 25.7 Å². The Morgan fingerprint density at radius 3 is 2.36 bits per heavy atom. The highest BCUT2D eigenvalue weighted by Crippen LogP contribution is 2.52. The molecule has 0 spiro atoms. The van der Waals surface area contributed by atoms with E-state index in [4.69, 9.17) is 21.1 Å². The third-order valence-electron chi connectivity index (χ3n) is 4.16. The first kappa shape index (κ1) is 17.8. The van der Waals surface area contributed by atoms with Crippen molar-refractivity contribution in [1.29, 1.82) is 0 Å². The lowest BCUT2D eigenvalue weighted by Crippen LogP contribution is -2.71. The van der Waals surface area contributed by atoms with E-state index in [2.05, 4.69) is 19.6 Å². The number of fused-ring (bicyclic) bond motifs is 1. The molecule has 0 bridgehead atoms. The molecule has 2 aliphatic rings. The fourth-order valence-corrected chi connectivity index (χ4v) is 6.78. The Kier molecular flexibility index (Phi) is 4.21. The van der Waals surface area contributed by atoms with Gasteiger partial charge in [0, 0.05) is 13.5 Å². The maximum atomic E-state index is 12.7. The fraction of sp³-hybridized carbons (Fsp3) is 0.867. The molecule has 126 valence electrons. The van der Waals surface area contributed by atoms with Crippen molar-refractivity contribution in [3.05, 3.63) is 0 Å². The van der Waals surface area contributed by atoms with Crippen LogP contribution in [-0.4, -0.2) is 55.2 Å². The van der Waals surface area contributed by atoms with Gasteiger partial charge in [0.05, 0.1) is 7.11 Å². The number of carbonyl (C=O) groups is 2. The molecule has 1 amide bonds. The zero-order valence-corrected chi connectivity index (χ0v) is 16.2. The Morgan fingerprint density at radius 1 is 1.41 bits per heavy atom. The molecule has 1 aliphatic heterocycles. The number of ether oxygens (including phenoxy) is 2. The van der Waals surface area contributed by atoms with Gasteiger partial charge >= 0.3 is 6.09 Å². The van der Waals surface area contributed by atoms with Gasteiger partial charge in [-0.25, -0.2) is 4.79 Å². The smallest absolute Gasteiger partial charge is 0.412 e. The molecule has 1 aliphatic carbocycles. The summed E-state index contributed by atoms with van der Waals surface area (Å²) in [4.78, 5) is 25.3. The summed E-state index contributed by atoms with van der Waals surface area (Å²) in [6, 6.07) is 0.0264. The molecule has 1 saturated heterocycles. The van der Waals surface area contributed by atoms with Crippen molar-refractivity contribution < 1.29 is 19.1 Å². The molecule has 0 unspecified atom stereocenters. The van der Waals surface area contributed by atoms with Gasteiger partial charge in [-0.05, 0) is 6.04 Å². The largest absolute Gasteiger partial charge is 0.453 e. The molecular formula is C15H26ClNO4Si. The number of halogens is 1. The summed E-state index contributed by atoms with van der Waals surface area (Å²) < 4.78 is 10.9. The van der Waals surface area contributed by atoms with Gasteiger partial charge in [0.15, 0.2) is 5.78 Å². The number of nitrogens with zero attached hydrogens (tertiary/aromatic N) is 1. The Balaban J connectivity index is 2.34. The van der Waals surface area contributed by atoms with Crippen molar-refractivity contribution in [2.75, 3.05) is 7.11 Å². The molecule has 1 saturated carbocycles. The van der Waals surface area contributed by atoms with E-state index in [9.17, 15) is 9.59 Å². The van der Waals surface area contributed by atoms with Crippen LogP contribution in [0.5, 0.6) is 0 Å². The molecular weight excluding hydrogens is 322 g/mol. The van der Waals surface area contributed by atoms with Crippen molar-refractivity contribution in [1.82, 2.24) is 4.90 Å². The Labute approximate surface area is 138 Å². The van der Waals surface area contributed by atoms with Gasteiger partial charge in [0.25, 0.3) is 0 Å². The predicted molar refractivity (Wildman–Crippen MR) is 87.9 cm³/mol. The van der Waals surface area contributed by atoms with E-state index in [1.165, 1.54) is 12.0 Å². The number of methoxy groups -OCH3 is 1. The topological polar surface area (TPSA) is 55.8 Å². The molecule has 0 radical (unpaired) electrons. The highest BCUT2D eigenvalue weighted by atomic mass is 35.5. The molecule has 4 atom stereocenters. The molecule has 5 nitrogen and oxygen atoms in total. The molecule has 22 heavy (non-hydrogen) atoms. The summed E-state index contributed by atoms with van der Waals surface area (Å²) in [7, 11) is -0.243. The number of Topliss-reactive ketones (excluding diaryl/α,β-unsaturated/α-hetero) is 1. The minimum atomic E-state index is -1.56. The Morgan fingerprint density at radius 2 is 1.95 bits per heavy atom. The minimum absolute atomic E-state index is 0.112. The summed E-state index contributed by atoms with van der Waals surface area (Å²) in [5.41, 5.74) is -0.331. The lowest BCUT2D eigenvalue weighted by molar-refractivity contribution is -0.139. The van der Waals surface area contributed by atoms with Crippen LogP contribution in [0.4, 0.5) is 4.79 Å². The number of hydrogen-bond donors (Lipinski definition) is 0. The van der Waals surface area contributed by atoms with Crippen molar-refractivity contribution in [3.63, 3.8) is 0 Å². The molecule has 0 aromatic rings. The highest BCUT2D eigenvalue weighted by Gasteiger charge is 2.71. The van der Waals surface area contributed by atoms with Gasteiger partial charge < -0.3 is 9.47 Å². The van der Waals surface area contributed by atoms with Crippen LogP contribution < -0.4 is 0 Å². The van der Waals surface area contributed by atoms with Crippen LogP contribution in [0.3, 0.4) is 0 Å². The molecule has 0 aromatic carbocycles. The first-order valence-corrected chi connectivity index (χ1v) is 11.7. The van der Waals surface area contributed by atoms with Crippen molar-refractivity contribution in [2.45, 2.75) is 69.7 Å². The second-order valence-corrected chi connectivity index (χ2v) is 14.7. The minimum Gasteiger partial charge on any atom is -0.453 e. The summed E-state index contributed by atoms with van der Waals surface area (Å²) in [5.74, 6) is -0.112. The third-order valence-corrected chi connectivity index (χ3v) is 6.54. The lowest BCUT2D eigenvalue weighted by Gasteiger charge is -2.47. The number of carbonyl (C=O) groups excluding carboxylic acids is 2. The predicted octanol–water partition coefficient (Wildman–Crippen LogP) is 3.09. The fourth-order valence-electron chi connectivity index (χ4n) is 3.38. The van der Waals surface area contributed by atoms with Crippen LogP contribution in [0.25, 0.3) is 0 Å². The number of amides is 1. The zero-order valence-electron chi connectivity index (χ0n) is 14.4. The van der Waals surface area contributed by atoms with E-state index in [0.717, 1.165) is 0 Å². The summed E-state index contributed by atoms with van der Waals surface area (Å²) >= 11 is 6.65. The van der Waals surface area contributed by atoms with Gasteiger partial charge in [-0.3, -0.25) is 9.69 Å². The van der Waals surface area contributed by atoms with Crippen LogP contribution >= 0.6 is 11.6 Å². The third kappa shape index (κ3) is 2.69. The molecule has 2 fully saturated rings. The van der Waals surface area contributed by atoms with Crippen molar-refractivity contribution in [3.8, 4) is 0 Å². The van der Waals surface area contributed by atoms with E-state index < -0.39 is 37.4 Å². The van der Waals surface area contributed by atoms with Crippen LogP contribution in [0.1, 0.15) is 20.8 Å². The maximum Gasteiger partial charge on any atom is 0.412 e. The Bertz CT molecular complexity index is 499. The maximum absolute atomic E-state index is 12.7. The van der Waals surface area contributed by atoms with E-state index in [1.54, 1.807) is 0 Å². The summed E-state index contributed by atoms with van der Waals surface area (Å²) in [5, 5.41) is 0. The van der Waals surface area contributed by atoms with E-state index in [1.807, 2.05) is 20.8 Å². The van der Waals surface area contributed by atoms with E-state index in [-0.39, 0.29) is 11.2 Å². The van der Waals surface area contributed by atoms with Gasteiger partial charge in [-0.15, -0.1) is 11.6 Å². The standard InChI is InChI=1S/C15H26ClNO4Si/c1-14(2,3)12-17(13(19)20-4)9-10(18)15(16,11(9)21-12)8-22(5,6)7/h9,11-12H,8H2,1-7H3/t9-,11-,12+,15-/m0/s1. The average molecular weight is 348 g/mol. The normalized spacial score (nSPS) is 35.2. The average Bonchev–Trinajstić information content (AvgIpc) is 2.73. The van der Waals surface area contributed by atoms with Gasteiger partial charge in [-0.1, -0.05) is 40.4 Å². The van der Waals surface area contributed by atoms with Crippen LogP contribution in [-0.2, 0) is 14.3 Å². The Hall–Kier alpha value is -0.593. The second-order valence-electron chi connectivity index (χ2n) is 8.56. The van der Waals surface area contributed by atoms with Crippen LogP contribution in [0.15, 0.2) is 0 Å². The van der Waals surface area contributed by atoms with Crippen molar-refractivity contribution >= 4 is 31.6 Å². The summed E-state index contributed by atoms with van der Waals surface area (Å²) in [6.45, 7) is 12.4. The highest BCUT2D eigenvalue weighted by molar-refractivity contribution is 6.77. The first-order valence-electron chi connectivity index (χ1n) is 7.58. The van der Waals surface area contributed by atoms with Gasteiger partial charge in [-0.2, -0.15) is 0 Å². The summed E-state index contributed by atoms with van der Waals surface area (Å²) in [6.07, 6.45) is -1.50. The molecule has 0 aromatic heterocycles. The van der Waals surface area contributed by atoms with Gasteiger partial charge in [0.2, 0.25) is 0 Å². The number of rotatable bonds is 2.